The van der Waals surface area contributed by atoms with Crippen LogP contribution in [0.4, 0.5) is 0 Å². The molecule has 1 saturated heterocycles. The molecule has 1 aliphatic heterocycles. The molecule has 2 rings (SSSR count). The summed E-state index contributed by atoms with van der Waals surface area (Å²) >= 11 is 0. The van der Waals surface area contributed by atoms with Crippen LogP contribution in [-0.2, 0) is 20.9 Å². The number of hydrogen-bond donors (Lipinski definition) is 3. The van der Waals surface area contributed by atoms with Crippen LogP contribution in [0, 0.1) is 5.41 Å². The summed E-state index contributed by atoms with van der Waals surface area (Å²) in [6.07, 6.45) is 1.24. The average Bonchev–Trinajstić information content (AvgIpc) is 2.53. The van der Waals surface area contributed by atoms with E-state index in [1.54, 1.807) is 0 Å². The highest BCUT2D eigenvalue weighted by Crippen LogP contribution is 2.31. The lowest BCUT2D eigenvalue weighted by Gasteiger charge is -2.34. The second-order valence-electron chi connectivity index (χ2n) is 5.68. The van der Waals surface area contributed by atoms with Gasteiger partial charge >= 0.3 is 0 Å². The fourth-order valence-corrected chi connectivity index (χ4v) is 2.58. The van der Waals surface area contributed by atoms with E-state index in [4.69, 9.17) is 5.73 Å². The first-order valence-electron chi connectivity index (χ1n) is 7.39. The minimum atomic E-state index is -0.808. The van der Waals surface area contributed by atoms with Crippen LogP contribution in [0.1, 0.15) is 31.2 Å². The van der Waals surface area contributed by atoms with E-state index in [2.05, 4.69) is 10.6 Å². The van der Waals surface area contributed by atoms with Crippen molar-refractivity contribution in [2.75, 3.05) is 6.54 Å². The van der Waals surface area contributed by atoms with Crippen molar-refractivity contribution in [3.8, 4) is 0 Å². The number of hydrogen-bond acceptors (Lipinski definition) is 3. The van der Waals surface area contributed by atoms with Crippen LogP contribution in [0.15, 0.2) is 30.3 Å². The highest BCUT2D eigenvalue weighted by atomic mass is 16.2. The summed E-state index contributed by atoms with van der Waals surface area (Å²) in [5.74, 6) is -0.657. The molecule has 118 valence electrons. The summed E-state index contributed by atoms with van der Waals surface area (Å²) in [7, 11) is 0. The minimum Gasteiger partial charge on any atom is -0.369 e. The first kappa shape index (κ1) is 16.0. The molecule has 1 aliphatic rings. The van der Waals surface area contributed by atoms with Gasteiger partial charge in [-0.2, -0.15) is 0 Å². The number of nitrogens with two attached hydrogens (primary N) is 1. The fraction of sp³-hybridized carbons (Fsp3) is 0.438. The van der Waals surface area contributed by atoms with Crippen molar-refractivity contribution in [3.63, 3.8) is 0 Å². The van der Waals surface area contributed by atoms with Gasteiger partial charge in [-0.1, -0.05) is 30.3 Å². The van der Waals surface area contributed by atoms with Crippen LogP contribution in [0.25, 0.3) is 0 Å². The topological polar surface area (TPSA) is 101 Å². The van der Waals surface area contributed by atoms with Crippen molar-refractivity contribution in [1.29, 1.82) is 0 Å². The first-order chi connectivity index (χ1) is 10.5. The fourth-order valence-electron chi connectivity index (χ4n) is 2.58. The van der Waals surface area contributed by atoms with Crippen molar-refractivity contribution < 1.29 is 14.4 Å². The Hall–Kier alpha value is -2.37. The van der Waals surface area contributed by atoms with Crippen LogP contribution in [0.2, 0.25) is 0 Å². The molecule has 6 heteroatoms. The Morgan fingerprint density at radius 1 is 1.27 bits per heavy atom. The van der Waals surface area contributed by atoms with Crippen molar-refractivity contribution in [2.24, 2.45) is 11.1 Å². The Balaban J connectivity index is 1.83. The van der Waals surface area contributed by atoms with Gasteiger partial charge in [-0.3, -0.25) is 14.4 Å². The zero-order chi connectivity index (χ0) is 16.0. The summed E-state index contributed by atoms with van der Waals surface area (Å²) in [6, 6.07) is 9.60. The molecule has 22 heavy (non-hydrogen) atoms. The minimum absolute atomic E-state index is 0.0783. The third kappa shape index (κ3) is 4.07. The Morgan fingerprint density at radius 3 is 2.59 bits per heavy atom. The zero-order valence-corrected chi connectivity index (χ0v) is 12.4. The highest BCUT2D eigenvalue weighted by molar-refractivity contribution is 5.86. The van der Waals surface area contributed by atoms with E-state index < -0.39 is 11.3 Å². The van der Waals surface area contributed by atoms with Gasteiger partial charge in [0.2, 0.25) is 17.7 Å². The third-order valence-corrected chi connectivity index (χ3v) is 4.14. The number of rotatable bonds is 6. The maximum Gasteiger partial charge on any atom is 0.225 e. The number of carbonyl (C=O) groups excluding carboxylic acids is 3. The van der Waals surface area contributed by atoms with Gasteiger partial charge < -0.3 is 16.4 Å². The molecule has 6 nitrogen and oxygen atoms in total. The predicted molar refractivity (Wildman–Crippen MR) is 81.4 cm³/mol. The summed E-state index contributed by atoms with van der Waals surface area (Å²) in [6.45, 7) is 0.674. The Kier molecular flexibility index (Phi) is 5.14. The van der Waals surface area contributed by atoms with Gasteiger partial charge in [-0.25, -0.2) is 0 Å². The molecule has 1 aromatic rings. The normalized spacial score (nSPS) is 21.0. The summed E-state index contributed by atoms with van der Waals surface area (Å²) < 4.78 is 0. The second kappa shape index (κ2) is 7.06. The summed E-state index contributed by atoms with van der Waals surface area (Å²) in [4.78, 5) is 34.9. The molecule has 0 radical (unpaired) electrons. The second-order valence-corrected chi connectivity index (χ2v) is 5.68. The van der Waals surface area contributed by atoms with E-state index in [0.717, 1.165) is 5.56 Å². The number of nitrogens with one attached hydrogen (secondary N) is 2. The number of carbonyl (C=O) groups is 3. The number of amides is 3. The molecule has 3 amide bonds. The zero-order valence-electron chi connectivity index (χ0n) is 12.4. The molecule has 1 atom stereocenters. The lowest BCUT2D eigenvalue weighted by atomic mass is 9.76. The Labute approximate surface area is 129 Å². The number of piperidine rings is 1. The first-order valence-corrected chi connectivity index (χ1v) is 7.39. The molecule has 0 bridgehead atoms. The van der Waals surface area contributed by atoms with Gasteiger partial charge in [0.25, 0.3) is 0 Å². The standard InChI is InChI=1S/C16H21N3O3/c17-15(22)16(9-7-14(21)19-11-16)8-6-13(20)18-10-12-4-2-1-3-5-12/h1-5H,6-11H2,(H2,17,22)(H,18,20)(H,19,21). The van der Waals surface area contributed by atoms with Crippen molar-refractivity contribution in [2.45, 2.75) is 32.2 Å². The van der Waals surface area contributed by atoms with E-state index in [1.165, 1.54) is 0 Å². The Bertz CT molecular complexity index is 547. The quantitative estimate of drug-likeness (QED) is 0.711. The SMILES string of the molecule is NC(=O)C1(CCC(=O)NCc2ccccc2)CCC(=O)NC1. The van der Waals surface area contributed by atoms with Gasteiger partial charge in [-0.05, 0) is 18.4 Å². The molecule has 1 heterocycles. The molecule has 0 aliphatic carbocycles. The van der Waals surface area contributed by atoms with Crippen LogP contribution in [0.3, 0.4) is 0 Å². The monoisotopic (exact) mass is 303 g/mol. The molecule has 4 N–H and O–H groups in total. The van der Waals surface area contributed by atoms with Gasteiger partial charge in [-0.15, -0.1) is 0 Å². The molecular weight excluding hydrogens is 282 g/mol. The average molecular weight is 303 g/mol. The molecule has 0 spiro atoms. The maximum absolute atomic E-state index is 11.9. The van der Waals surface area contributed by atoms with E-state index in [1.807, 2.05) is 30.3 Å². The van der Waals surface area contributed by atoms with Gasteiger partial charge in [0.15, 0.2) is 0 Å². The van der Waals surface area contributed by atoms with Gasteiger partial charge in [0, 0.05) is 25.9 Å². The van der Waals surface area contributed by atoms with Crippen LogP contribution in [-0.4, -0.2) is 24.3 Å². The smallest absolute Gasteiger partial charge is 0.225 e. The predicted octanol–water partition coefficient (Wildman–Crippen LogP) is 0.465. The van der Waals surface area contributed by atoms with Gasteiger partial charge in [0.05, 0.1) is 5.41 Å². The summed E-state index contributed by atoms with van der Waals surface area (Å²) in [5, 5.41) is 5.49. The molecule has 0 saturated carbocycles. The van der Waals surface area contributed by atoms with E-state index in [9.17, 15) is 14.4 Å². The van der Waals surface area contributed by atoms with Crippen LogP contribution >= 0.6 is 0 Å². The van der Waals surface area contributed by atoms with Crippen LogP contribution in [0.5, 0.6) is 0 Å². The highest BCUT2D eigenvalue weighted by Gasteiger charge is 2.40. The van der Waals surface area contributed by atoms with Crippen molar-refractivity contribution in [3.05, 3.63) is 35.9 Å². The lowest BCUT2D eigenvalue weighted by Crippen LogP contribution is -2.51. The van der Waals surface area contributed by atoms with E-state index >= 15 is 0 Å². The largest absolute Gasteiger partial charge is 0.369 e. The Morgan fingerprint density at radius 2 is 2.00 bits per heavy atom. The molecule has 1 unspecified atom stereocenters. The number of primary amides is 1. The van der Waals surface area contributed by atoms with Gasteiger partial charge in [0.1, 0.15) is 0 Å². The van der Waals surface area contributed by atoms with E-state index in [-0.39, 0.29) is 31.2 Å². The number of benzene rings is 1. The van der Waals surface area contributed by atoms with Crippen molar-refractivity contribution >= 4 is 17.7 Å². The molecule has 1 fully saturated rings. The molecule has 1 aromatic carbocycles. The third-order valence-electron chi connectivity index (χ3n) is 4.14. The lowest BCUT2D eigenvalue weighted by molar-refractivity contribution is -0.134. The van der Waals surface area contributed by atoms with E-state index in [0.29, 0.717) is 19.4 Å². The maximum atomic E-state index is 11.9. The molecule has 0 aromatic heterocycles. The summed E-state index contributed by atoms with van der Waals surface area (Å²) in [5.41, 5.74) is 5.69. The van der Waals surface area contributed by atoms with Crippen LogP contribution < -0.4 is 16.4 Å². The molecular formula is C16H21N3O3. The van der Waals surface area contributed by atoms with Crippen molar-refractivity contribution in [1.82, 2.24) is 10.6 Å².